The molecule has 1 aromatic carbocycles. The summed E-state index contributed by atoms with van der Waals surface area (Å²) >= 11 is 0. The first-order chi connectivity index (χ1) is 9.38. The van der Waals surface area contributed by atoms with Crippen LogP contribution in [0.4, 0.5) is 10.5 Å². The van der Waals surface area contributed by atoms with Gasteiger partial charge in [0.2, 0.25) is 11.8 Å². The molecule has 1 atom stereocenters. The van der Waals surface area contributed by atoms with E-state index in [2.05, 4.69) is 10.6 Å². The quantitative estimate of drug-likeness (QED) is 0.627. The van der Waals surface area contributed by atoms with E-state index >= 15 is 0 Å². The van der Waals surface area contributed by atoms with Crippen LogP contribution in [0.5, 0.6) is 0 Å². The molecule has 0 aromatic heterocycles. The molecule has 0 spiro atoms. The highest BCUT2D eigenvalue weighted by Gasteiger charge is 2.09. The van der Waals surface area contributed by atoms with Crippen LogP contribution in [0.3, 0.4) is 0 Å². The van der Waals surface area contributed by atoms with Crippen molar-refractivity contribution in [2.24, 2.45) is 5.73 Å². The number of rotatable bonds is 5. The molecule has 1 rings (SSSR count). The van der Waals surface area contributed by atoms with Gasteiger partial charge in [0.15, 0.2) is 0 Å². The van der Waals surface area contributed by atoms with Crippen molar-refractivity contribution in [3.63, 3.8) is 0 Å². The number of carbonyl (C=O) groups is 3. The second kappa shape index (κ2) is 7.25. The molecule has 0 bridgehead atoms. The summed E-state index contributed by atoms with van der Waals surface area (Å²) < 4.78 is 0. The minimum absolute atomic E-state index is 0.0333. The maximum atomic E-state index is 11.3. The van der Waals surface area contributed by atoms with E-state index < -0.39 is 11.9 Å². The molecule has 7 heteroatoms. The molecule has 108 valence electrons. The summed E-state index contributed by atoms with van der Waals surface area (Å²) in [5, 5.41) is 7.60. The Hall–Kier alpha value is -2.41. The van der Waals surface area contributed by atoms with E-state index in [0.29, 0.717) is 5.69 Å². The second-order valence-corrected chi connectivity index (χ2v) is 4.32. The molecule has 0 radical (unpaired) electrons. The van der Waals surface area contributed by atoms with Crippen LogP contribution in [0, 0.1) is 0 Å². The molecule has 0 saturated heterocycles. The molecular formula is C13H18N4O3. The fraction of sp³-hybridized carbons (Fsp3) is 0.308. The van der Waals surface area contributed by atoms with Crippen molar-refractivity contribution in [3.8, 4) is 0 Å². The summed E-state index contributed by atoms with van der Waals surface area (Å²) in [5.41, 5.74) is 6.43. The van der Waals surface area contributed by atoms with E-state index in [1.807, 2.05) is 30.4 Å². The second-order valence-electron chi connectivity index (χ2n) is 4.32. The van der Waals surface area contributed by atoms with E-state index in [9.17, 15) is 14.4 Å². The number of anilines is 1. The van der Waals surface area contributed by atoms with Crippen LogP contribution in [-0.4, -0.2) is 24.4 Å². The first-order valence-electron chi connectivity index (χ1n) is 6.08. The van der Waals surface area contributed by atoms with Crippen LogP contribution in [-0.2, 0) is 9.59 Å². The Morgan fingerprint density at radius 3 is 2.60 bits per heavy atom. The lowest BCUT2D eigenvalue weighted by Crippen LogP contribution is -2.41. The Kier molecular flexibility index (Phi) is 5.67. The zero-order chi connectivity index (χ0) is 15.1. The van der Waals surface area contributed by atoms with Crippen LogP contribution in [0.15, 0.2) is 24.3 Å². The number of hydrogen-bond donors (Lipinski definition) is 4. The van der Waals surface area contributed by atoms with Gasteiger partial charge in [0.1, 0.15) is 0 Å². The number of urea groups is 1. The van der Waals surface area contributed by atoms with Gasteiger partial charge in [0.05, 0.1) is 6.54 Å². The molecule has 0 aliphatic carbocycles. The number of imide groups is 1. The fourth-order valence-corrected chi connectivity index (χ4v) is 1.63. The number of carbonyl (C=O) groups excluding carboxylic acids is 3. The van der Waals surface area contributed by atoms with E-state index in [0.717, 1.165) is 5.56 Å². The number of amides is 4. The molecule has 1 aromatic rings. The highest BCUT2D eigenvalue weighted by molar-refractivity contribution is 5.94. The molecule has 1 unspecified atom stereocenters. The van der Waals surface area contributed by atoms with Crippen molar-refractivity contribution >= 4 is 23.5 Å². The van der Waals surface area contributed by atoms with Crippen molar-refractivity contribution in [2.75, 3.05) is 11.9 Å². The molecule has 0 aliphatic heterocycles. The van der Waals surface area contributed by atoms with Gasteiger partial charge in [-0.3, -0.25) is 14.9 Å². The Morgan fingerprint density at radius 2 is 2.00 bits per heavy atom. The zero-order valence-electron chi connectivity index (χ0n) is 11.4. The van der Waals surface area contributed by atoms with E-state index in [1.165, 1.54) is 6.92 Å². The average molecular weight is 278 g/mol. The standard InChI is InChI=1S/C13H18N4O3/c1-8(15-7-12(19)17-13(14)20)10-4-3-5-11(6-10)16-9(2)18/h3-6,8,15H,7H2,1-2H3,(H,16,18)(H3,14,17,19,20). The molecular weight excluding hydrogens is 260 g/mol. The summed E-state index contributed by atoms with van der Waals surface area (Å²) in [6, 6.07) is 6.26. The molecule has 0 saturated carbocycles. The minimum Gasteiger partial charge on any atom is -0.351 e. The van der Waals surface area contributed by atoms with Gasteiger partial charge in [-0.25, -0.2) is 4.79 Å². The summed E-state index contributed by atoms with van der Waals surface area (Å²) in [6.45, 7) is 3.27. The Labute approximate surface area is 116 Å². The SMILES string of the molecule is CC(=O)Nc1cccc(C(C)NCC(=O)NC(N)=O)c1. The van der Waals surface area contributed by atoms with Crippen LogP contribution in [0.1, 0.15) is 25.5 Å². The molecule has 4 amide bonds. The van der Waals surface area contributed by atoms with Gasteiger partial charge in [0, 0.05) is 18.7 Å². The van der Waals surface area contributed by atoms with Crippen LogP contribution in [0.25, 0.3) is 0 Å². The predicted octanol–water partition coefficient (Wildman–Crippen LogP) is 0.491. The highest BCUT2D eigenvalue weighted by atomic mass is 16.2. The number of primary amides is 1. The molecule has 0 aliphatic rings. The van der Waals surface area contributed by atoms with Gasteiger partial charge in [-0.15, -0.1) is 0 Å². The maximum absolute atomic E-state index is 11.3. The number of hydrogen-bond acceptors (Lipinski definition) is 4. The number of nitrogens with two attached hydrogens (primary N) is 1. The molecule has 7 nitrogen and oxygen atoms in total. The van der Waals surface area contributed by atoms with Crippen molar-refractivity contribution in [1.29, 1.82) is 0 Å². The highest BCUT2D eigenvalue weighted by Crippen LogP contribution is 2.17. The summed E-state index contributed by atoms with van der Waals surface area (Å²) in [5.74, 6) is -0.647. The van der Waals surface area contributed by atoms with E-state index in [-0.39, 0.29) is 18.5 Å². The summed E-state index contributed by atoms with van der Waals surface area (Å²) in [4.78, 5) is 32.8. The molecule has 0 fully saturated rings. The monoisotopic (exact) mass is 278 g/mol. The first-order valence-corrected chi connectivity index (χ1v) is 6.08. The largest absolute Gasteiger partial charge is 0.351 e. The third kappa shape index (κ3) is 5.49. The average Bonchev–Trinajstić information content (AvgIpc) is 2.34. The maximum Gasteiger partial charge on any atom is 0.318 e. The van der Waals surface area contributed by atoms with Crippen LogP contribution >= 0.6 is 0 Å². The third-order valence-corrected chi connectivity index (χ3v) is 2.54. The van der Waals surface area contributed by atoms with Gasteiger partial charge in [-0.2, -0.15) is 0 Å². The van der Waals surface area contributed by atoms with Crippen molar-refractivity contribution in [1.82, 2.24) is 10.6 Å². The number of benzene rings is 1. The van der Waals surface area contributed by atoms with Crippen LogP contribution < -0.4 is 21.7 Å². The summed E-state index contributed by atoms with van der Waals surface area (Å²) in [7, 11) is 0. The Balaban J connectivity index is 2.58. The lowest BCUT2D eigenvalue weighted by molar-refractivity contribution is -0.119. The van der Waals surface area contributed by atoms with E-state index in [1.54, 1.807) is 6.07 Å². The molecule has 5 N–H and O–H groups in total. The molecule has 20 heavy (non-hydrogen) atoms. The van der Waals surface area contributed by atoms with E-state index in [4.69, 9.17) is 5.73 Å². The zero-order valence-corrected chi connectivity index (χ0v) is 11.4. The van der Waals surface area contributed by atoms with Crippen molar-refractivity contribution < 1.29 is 14.4 Å². The third-order valence-electron chi connectivity index (χ3n) is 2.54. The van der Waals surface area contributed by atoms with Gasteiger partial charge in [-0.1, -0.05) is 12.1 Å². The lowest BCUT2D eigenvalue weighted by atomic mass is 10.1. The summed E-state index contributed by atoms with van der Waals surface area (Å²) in [6.07, 6.45) is 0. The van der Waals surface area contributed by atoms with Crippen LogP contribution in [0.2, 0.25) is 0 Å². The number of nitrogens with one attached hydrogen (secondary N) is 3. The normalized spacial score (nSPS) is 11.5. The van der Waals surface area contributed by atoms with Gasteiger partial charge in [0.25, 0.3) is 0 Å². The van der Waals surface area contributed by atoms with Gasteiger partial charge >= 0.3 is 6.03 Å². The van der Waals surface area contributed by atoms with Crippen molar-refractivity contribution in [3.05, 3.63) is 29.8 Å². The smallest absolute Gasteiger partial charge is 0.318 e. The topological polar surface area (TPSA) is 113 Å². The van der Waals surface area contributed by atoms with Crippen molar-refractivity contribution in [2.45, 2.75) is 19.9 Å². The Bertz CT molecular complexity index is 516. The molecule has 0 heterocycles. The predicted molar refractivity (Wildman–Crippen MR) is 74.9 cm³/mol. The van der Waals surface area contributed by atoms with Gasteiger partial charge < -0.3 is 16.4 Å². The Morgan fingerprint density at radius 1 is 1.30 bits per heavy atom. The fourth-order valence-electron chi connectivity index (χ4n) is 1.63. The first kappa shape index (κ1) is 15.6. The lowest BCUT2D eigenvalue weighted by Gasteiger charge is -2.15. The van der Waals surface area contributed by atoms with Gasteiger partial charge in [-0.05, 0) is 24.6 Å². The minimum atomic E-state index is -0.878.